The lowest BCUT2D eigenvalue weighted by atomic mass is 9.96. The molecule has 0 bridgehead atoms. The predicted octanol–water partition coefficient (Wildman–Crippen LogP) is 14.9. The number of rotatable bonds is 3. The molecule has 0 spiro atoms. The van der Waals surface area contributed by atoms with Crippen molar-refractivity contribution < 1.29 is 4.42 Å². The van der Waals surface area contributed by atoms with Crippen molar-refractivity contribution in [3.63, 3.8) is 0 Å². The second-order valence-corrected chi connectivity index (χ2v) is 16.7. The van der Waals surface area contributed by atoms with Crippen LogP contribution in [0.1, 0.15) is 0 Å². The van der Waals surface area contributed by atoms with Gasteiger partial charge in [0.25, 0.3) is 0 Å². The number of fused-ring (bicyclic) bond motifs is 18. The van der Waals surface area contributed by atoms with Gasteiger partial charge in [-0.3, -0.25) is 4.57 Å². The predicted molar refractivity (Wildman–Crippen MR) is 251 cm³/mol. The van der Waals surface area contributed by atoms with Crippen LogP contribution in [0.5, 0.6) is 0 Å². The van der Waals surface area contributed by atoms with Gasteiger partial charge in [-0.15, -0.1) is 11.3 Å². The summed E-state index contributed by atoms with van der Waals surface area (Å²) in [6.45, 7) is 0. The van der Waals surface area contributed by atoms with Gasteiger partial charge in [-0.2, -0.15) is 4.98 Å². The van der Waals surface area contributed by atoms with Crippen LogP contribution in [0.2, 0.25) is 0 Å². The lowest BCUT2D eigenvalue weighted by molar-refractivity contribution is 0.651. The molecule has 0 aliphatic heterocycles. The van der Waals surface area contributed by atoms with Gasteiger partial charge in [-0.1, -0.05) is 133 Å². The Labute approximate surface area is 345 Å². The first-order valence-corrected chi connectivity index (χ1v) is 21.1. The molecule has 0 aliphatic carbocycles. The van der Waals surface area contributed by atoms with Gasteiger partial charge in [0.05, 0.1) is 33.1 Å². The lowest BCUT2D eigenvalue weighted by Gasteiger charge is -2.14. The molecule has 0 radical (unpaired) electrons. The summed E-state index contributed by atoms with van der Waals surface area (Å²) < 4.78 is 14.0. The van der Waals surface area contributed by atoms with E-state index in [0.29, 0.717) is 11.7 Å². The number of hydrogen-bond acceptors (Lipinski definition) is 4. The highest BCUT2D eigenvalue weighted by molar-refractivity contribution is 7.25. The zero-order chi connectivity index (χ0) is 39.1. The maximum Gasteiger partial charge on any atom is 0.238 e. The fraction of sp³-hybridized carbons (Fsp3) is 0. The van der Waals surface area contributed by atoms with Crippen LogP contribution >= 0.6 is 11.3 Å². The molecule has 14 rings (SSSR count). The summed E-state index contributed by atoms with van der Waals surface area (Å²) in [7, 11) is 0. The molecular formula is C54H30N4OS. The zero-order valence-corrected chi connectivity index (χ0v) is 32.7. The van der Waals surface area contributed by atoms with Gasteiger partial charge in [0.2, 0.25) is 11.7 Å². The molecule has 14 aromatic rings. The molecule has 0 atom stereocenters. The first-order valence-electron chi connectivity index (χ1n) is 20.2. The third-order valence-electron chi connectivity index (χ3n) is 12.5. The highest BCUT2D eigenvalue weighted by atomic mass is 32.1. The Balaban J connectivity index is 1.21. The third kappa shape index (κ3) is 4.24. The normalized spacial score (nSPS) is 12.3. The molecule has 5 heterocycles. The van der Waals surface area contributed by atoms with Crippen molar-refractivity contribution in [2.24, 2.45) is 0 Å². The quantitative estimate of drug-likeness (QED) is 0.179. The molecule has 0 N–H and O–H groups in total. The highest BCUT2D eigenvalue weighted by Crippen LogP contribution is 2.48. The van der Waals surface area contributed by atoms with E-state index < -0.39 is 0 Å². The van der Waals surface area contributed by atoms with E-state index in [1.807, 2.05) is 23.5 Å². The maximum absolute atomic E-state index is 6.70. The summed E-state index contributed by atoms with van der Waals surface area (Å²) in [4.78, 5) is 11.1. The van der Waals surface area contributed by atoms with E-state index in [-0.39, 0.29) is 0 Å². The molecule has 0 aliphatic rings. The van der Waals surface area contributed by atoms with Crippen molar-refractivity contribution in [3.05, 3.63) is 182 Å². The molecule has 9 aromatic carbocycles. The Hall–Kier alpha value is -7.80. The van der Waals surface area contributed by atoms with Gasteiger partial charge >= 0.3 is 0 Å². The van der Waals surface area contributed by atoms with Gasteiger partial charge in [-0.05, 0) is 70.1 Å². The molecule has 5 aromatic heterocycles. The first-order chi connectivity index (χ1) is 29.8. The van der Waals surface area contributed by atoms with Crippen molar-refractivity contribution >= 4 is 119 Å². The smallest absolute Gasteiger partial charge is 0.238 e. The topological polar surface area (TPSA) is 48.8 Å². The number of benzene rings is 9. The zero-order valence-electron chi connectivity index (χ0n) is 31.9. The van der Waals surface area contributed by atoms with Crippen molar-refractivity contribution in [2.45, 2.75) is 0 Å². The van der Waals surface area contributed by atoms with E-state index >= 15 is 0 Å². The fourth-order valence-electron chi connectivity index (χ4n) is 10.0. The van der Waals surface area contributed by atoms with Crippen LogP contribution in [-0.2, 0) is 0 Å². The minimum atomic E-state index is 0.559. The largest absolute Gasteiger partial charge is 0.437 e. The molecule has 6 heteroatoms. The van der Waals surface area contributed by atoms with Crippen molar-refractivity contribution in [2.75, 3.05) is 0 Å². The molecule has 0 saturated carbocycles. The van der Waals surface area contributed by atoms with Crippen molar-refractivity contribution in [1.29, 1.82) is 0 Å². The van der Waals surface area contributed by atoms with E-state index in [2.05, 4.69) is 179 Å². The minimum Gasteiger partial charge on any atom is -0.437 e. The highest BCUT2D eigenvalue weighted by Gasteiger charge is 2.28. The van der Waals surface area contributed by atoms with Crippen LogP contribution < -0.4 is 0 Å². The van der Waals surface area contributed by atoms with Crippen molar-refractivity contribution in [3.8, 4) is 22.9 Å². The first kappa shape index (κ1) is 32.2. The lowest BCUT2D eigenvalue weighted by Crippen LogP contribution is -2.04. The molecule has 5 nitrogen and oxygen atoms in total. The monoisotopic (exact) mass is 782 g/mol. The standard InChI is InChI=1S/C54H30N4OS/c1-2-15-33(16-3-1)57-42-28-26-31-14-4-5-17-34(31)47(42)48-37-20-7-6-19-36(37)46-38-21-8-11-23-41(38)58(51(46)52(48)57)54-55-50(49-39-22-9-12-24-43(39)59-53(49)56-54)32-27-29-45-40(30-32)35-18-10-13-25-44(35)60-45/h1-30H. The summed E-state index contributed by atoms with van der Waals surface area (Å²) in [6.07, 6.45) is 0. The van der Waals surface area contributed by atoms with E-state index in [1.165, 1.54) is 57.9 Å². The second kappa shape index (κ2) is 11.9. The van der Waals surface area contributed by atoms with Crippen LogP contribution in [0.3, 0.4) is 0 Å². The van der Waals surface area contributed by atoms with E-state index in [9.17, 15) is 0 Å². The van der Waals surface area contributed by atoms with Crippen LogP contribution in [0.25, 0.3) is 130 Å². The van der Waals surface area contributed by atoms with E-state index in [0.717, 1.165) is 60.8 Å². The van der Waals surface area contributed by atoms with Gasteiger partial charge < -0.3 is 8.98 Å². The molecule has 278 valence electrons. The Kier molecular flexibility index (Phi) is 6.38. The average Bonchev–Trinajstić information content (AvgIpc) is 4.07. The number of furan rings is 1. The van der Waals surface area contributed by atoms with Crippen LogP contribution in [-0.4, -0.2) is 19.1 Å². The Morgan fingerprint density at radius 1 is 0.417 bits per heavy atom. The van der Waals surface area contributed by atoms with Crippen molar-refractivity contribution in [1.82, 2.24) is 19.1 Å². The molecule has 0 fully saturated rings. The van der Waals surface area contributed by atoms with Gasteiger partial charge in [-0.25, -0.2) is 4.98 Å². The number of nitrogens with zero attached hydrogens (tertiary/aromatic N) is 4. The van der Waals surface area contributed by atoms with Crippen LogP contribution in [0, 0.1) is 0 Å². The Morgan fingerprint density at radius 3 is 1.95 bits per heavy atom. The van der Waals surface area contributed by atoms with Gasteiger partial charge in [0.15, 0.2) is 0 Å². The van der Waals surface area contributed by atoms with Crippen LogP contribution in [0.15, 0.2) is 186 Å². The second-order valence-electron chi connectivity index (χ2n) is 15.7. The third-order valence-corrected chi connectivity index (χ3v) is 13.7. The summed E-state index contributed by atoms with van der Waals surface area (Å²) in [5, 5.41) is 14.0. The molecular weight excluding hydrogens is 753 g/mol. The summed E-state index contributed by atoms with van der Waals surface area (Å²) in [5.41, 5.74) is 8.63. The Bertz CT molecular complexity index is 4130. The number of thiophene rings is 1. The fourth-order valence-corrected chi connectivity index (χ4v) is 11.1. The number of aromatic nitrogens is 4. The molecule has 0 amide bonds. The summed E-state index contributed by atoms with van der Waals surface area (Å²) >= 11 is 1.82. The number of hydrogen-bond donors (Lipinski definition) is 0. The SMILES string of the molecule is c1ccc(-n2c3ccc4ccccc4c3c3c4ccccc4c4c5ccccc5n(-c5nc(-c6ccc7sc8ccccc8c7c6)c6c(n5)oc5ccccc56)c4c32)cc1. The average molecular weight is 783 g/mol. The summed E-state index contributed by atoms with van der Waals surface area (Å²) in [6, 6.07) is 65.3. The van der Waals surface area contributed by atoms with Gasteiger partial charge in [0.1, 0.15) is 5.58 Å². The van der Waals surface area contributed by atoms with Crippen LogP contribution in [0.4, 0.5) is 0 Å². The molecule has 0 saturated heterocycles. The van der Waals surface area contributed by atoms with E-state index in [1.54, 1.807) is 0 Å². The Morgan fingerprint density at radius 2 is 1.08 bits per heavy atom. The molecule has 60 heavy (non-hydrogen) atoms. The van der Waals surface area contributed by atoms with E-state index in [4.69, 9.17) is 14.4 Å². The summed E-state index contributed by atoms with van der Waals surface area (Å²) in [5.74, 6) is 0.560. The number of para-hydroxylation sites is 3. The molecule has 0 unspecified atom stereocenters. The maximum atomic E-state index is 6.70. The minimum absolute atomic E-state index is 0.559. The van der Waals surface area contributed by atoms with Gasteiger partial charge in [0, 0.05) is 58.4 Å².